The molecule has 210 valence electrons. The molecule has 0 radical (unpaired) electrons. The molecule has 2 fully saturated rings. The minimum absolute atomic E-state index is 0.00830. The summed E-state index contributed by atoms with van der Waals surface area (Å²) in [5.74, 6) is 0.0542. The van der Waals surface area contributed by atoms with Gasteiger partial charge in [0.15, 0.2) is 8.32 Å². The first-order valence-electron chi connectivity index (χ1n) is 14.7. The third kappa shape index (κ3) is 4.21. The SMILES string of the molecule is CCO[C@@H]1CC(O[Si](CC)(CC)CC)[C@]2(C)[C@@H]([C@H]1C)[C@H](C)[C@]1(O)C[C@H](C)C(C)=C([C@H](O)[C@@H]2O)C1(C)C. The molecule has 0 spiro atoms. The summed E-state index contributed by atoms with van der Waals surface area (Å²) in [4.78, 5) is 0. The standard InChI is InChI=1S/C30H56O5Si/c1-12-34-22-16-23(35-36(13-2,14-3)15-4)29(11)24(20(22)7)21(8)30(33)17-18(5)19(6)25(28(30,9)10)26(31)27(29)32/h18,20-24,26-27,31-33H,12-17H2,1-11H3/t18-,20-,21-,22+,23?,24-,26-,27-,29+,30+/m0/s1. The van der Waals surface area contributed by atoms with Crippen LogP contribution in [0.15, 0.2) is 11.1 Å². The molecule has 0 aromatic heterocycles. The van der Waals surface area contributed by atoms with Crippen molar-refractivity contribution in [3.05, 3.63) is 11.1 Å². The first-order chi connectivity index (χ1) is 16.6. The predicted molar refractivity (Wildman–Crippen MR) is 149 cm³/mol. The van der Waals surface area contributed by atoms with Gasteiger partial charge in [0.05, 0.1) is 23.9 Å². The highest BCUT2D eigenvalue weighted by molar-refractivity contribution is 6.73. The fraction of sp³-hybridized carbons (Fsp3) is 0.933. The number of allylic oxidation sites excluding steroid dienone is 1. The van der Waals surface area contributed by atoms with Crippen LogP contribution in [-0.2, 0) is 9.16 Å². The highest BCUT2D eigenvalue weighted by atomic mass is 28.4. The quantitative estimate of drug-likeness (QED) is 0.284. The topological polar surface area (TPSA) is 79.2 Å². The van der Waals surface area contributed by atoms with Crippen molar-refractivity contribution in [1.29, 1.82) is 0 Å². The van der Waals surface area contributed by atoms with Gasteiger partial charge in [0.1, 0.15) is 6.10 Å². The summed E-state index contributed by atoms with van der Waals surface area (Å²) in [5, 5.41) is 36.8. The van der Waals surface area contributed by atoms with Gasteiger partial charge in [-0.25, -0.2) is 0 Å². The third-order valence-electron chi connectivity index (χ3n) is 11.8. The summed E-state index contributed by atoms with van der Waals surface area (Å²) in [6, 6.07) is 3.08. The van der Waals surface area contributed by atoms with E-state index in [4.69, 9.17) is 9.16 Å². The Morgan fingerprint density at radius 3 is 2.03 bits per heavy atom. The van der Waals surface area contributed by atoms with Gasteiger partial charge in [-0.05, 0) is 74.1 Å². The molecule has 1 unspecified atom stereocenters. The molecule has 0 amide bonds. The number of rotatable bonds is 7. The van der Waals surface area contributed by atoms with Gasteiger partial charge < -0.3 is 24.5 Å². The fourth-order valence-electron chi connectivity index (χ4n) is 9.00. The van der Waals surface area contributed by atoms with Crippen molar-refractivity contribution < 1.29 is 24.5 Å². The first-order valence-corrected chi connectivity index (χ1v) is 17.2. The Labute approximate surface area is 222 Å². The van der Waals surface area contributed by atoms with Crippen LogP contribution in [0.4, 0.5) is 0 Å². The zero-order valence-corrected chi connectivity index (χ0v) is 26.0. The lowest BCUT2D eigenvalue weighted by molar-refractivity contribution is -0.247. The van der Waals surface area contributed by atoms with Gasteiger partial charge in [0.25, 0.3) is 0 Å². The van der Waals surface area contributed by atoms with Gasteiger partial charge in [0, 0.05) is 17.4 Å². The molecule has 5 nitrogen and oxygen atoms in total. The second-order valence-corrected chi connectivity index (χ2v) is 18.0. The minimum Gasteiger partial charge on any atom is -0.413 e. The molecule has 2 saturated carbocycles. The van der Waals surface area contributed by atoms with E-state index in [9.17, 15) is 15.3 Å². The molecular formula is C30H56O5Si. The van der Waals surface area contributed by atoms with Crippen LogP contribution in [0, 0.1) is 34.5 Å². The summed E-state index contributed by atoms with van der Waals surface area (Å²) in [6.45, 7) is 24.3. The maximum atomic E-state index is 12.6. The van der Waals surface area contributed by atoms with Gasteiger partial charge >= 0.3 is 0 Å². The van der Waals surface area contributed by atoms with E-state index in [1.54, 1.807) is 0 Å². The van der Waals surface area contributed by atoms with Crippen LogP contribution in [0.1, 0.15) is 89.0 Å². The highest BCUT2D eigenvalue weighted by Gasteiger charge is 2.67. The number of aliphatic hydroxyl groups is 3. The lowest BCUT2D eigenvalue weighted by atomic mass is 9.43. The monoisotopic (exact) mass is 524 g/mol. The van der Waals surface area contributed by atoms with E-state index in [2.05, 4.69) is 69.2 Å². The Balaban J connectivity index is 2.29. The van der Waals surface area contributed by atoms with Crippen molar-refractivity contribution >= 4 is 8.32 Å². The van der Waals surface area contributed by atoms with E-state index in [-0.39, 0.29) is 35.9 Å². The van der Waals surface area contributed by atoms with Crippen molar-refractivity contribution in [2.75, 3.05) is 6.61 Å². The highest BCUT2D eigenvalue weighted by Crippen LogP contribution is 2.64. The van der Waals surface area contributed by atoms with E-state index in [0.717, 1.165) is 29.3 Å². The first kappa shape index (κ1) is 30.3. The van der Waals surface area contributed by atoms with Gasteiger partial charge in [-0.15, -0.1) is 0 Å². The summed E-state index contributed by atoms with van der Waals surface area (Å²) in [7, 11) is -2.03. The molecular weight excluding hydrogens is 468 g/mol. The Hall–Kier alpha value is -0.243. The van der Waals surface area contributed by atoms with Crippen LogP contribution in [0.2, 0.25) is 18.1 Å². The molecule has 6 heteroatoms. The Morgan fingerprint density at radius 1 is 0.972 bits per heavy atom. The summed E-state index contributed by atoms with van der Waals surface area (Å²) in [5.41, 5.74) is -0.464. The molecule has 36 heavy (non-hydrogen) atoms. The van der Waals surface area contributed by atoms with Crippen LogP contribution in [-0.4, -0.2) is 60.3 Å². The average molecular weight is 525 g/mol. The van der Waals surface area contributed by atoms with Crippen LogP contribution < -0.4 is 0 Å². The van der Waals surface area contributed by atoms with Crippen molar-refractivity contribution in [3.63, 3.8) is 0 Å². The van der Waals surface area contributed by atoms with E-state index in [1.165, 1.54) is 0 Å². The zero-order valence-electron chi connectivity index (χ0n) is 25.0. The number of hydrogen-bond donors (Lipinski definition) is 3. The normalized spacial score (nSPS) is 45.2. The van der Waals surface area contributed by atoms with E-state index in [0.29, 0.717) is 19.4 Å². The smallest absolute Gasteiger partial charge is 0.192 e. The van der Waals surface area contributed by atoms with E-state index in [1.807, 2.05) is 6.92 Å². The van der Waals surface area contributed by atoms with E-state index < -0.39 is 37.0 Å². The molecule has 3 aliphatic rings. The molecule has 3 N–H and O–H groups in total. The molecule has 0 heterocycles. The molecule has 0 aliphatic heterocycles. The van der Waals surface area contributed by atoms with Crippen molar-refractivity contribution in [2.24, 2.45) is 34.5 Å². The number of aliphatic hydroxyl groups excluding tert-OH is 2. The molecule has 3 aliphatic carbocycles. The summed E-state index contributed by atoms with van der Waals surface area (Å²) >= 11 is 0. The lowest BCUT2D eigenvalue weighted by Gasteiger charge is -2.66. The molecule has 3 rings (SSSR count). The second kappa shape index (κ2) is 10.4. The van der Waals surface area contributed by atoms with Gasteiger partial charge in [0.2, 0.25) is 0 Å². The van der Waals surface area contributed by atoms with Gasteiger partial charge in [-0.3, -0.25) is 0 Å². The molecule has 0 saturated heterocycles. The minimum atomic E-state index is -2.03. The molecule has 0 aromatic rings. The average Bonchev–Trinajstić information content (AvgIpc) is 2.83. The van der Waals surface area contributed by atoms with Crippen molar-refractivity contribution in [1.82, 2.24) is 0 Å². The van der Waals surface area contributed by atoms with Crippen molar-refractivity contribution in [3.8, 4) is 0 Å². The van der Waals surface area contributed by atoms with Crippen LogP contribution in [0.5, 0.6) is 0 Å². The Bertz CT molecular complexity index is 814. The lowest BCUT2D eigenvalue weighted by Crippen LogP contribution is -2.71. The van der Waals surface area contributed by atoms with Crippen LogP contribution in [0.3, 0.4) is 0 Å². The summed E-state index contributed by atoms with van der Waals surface area (Å²) in [6.07, 6.45) is -0.915. The molecule has 2 bridgehead atoms. The molecule has 0 aromatic carbocycles. The Kier molecular flexibility index (Phi) is 8.74. The van der Waals surface area contributed by atoms with Crippen molar-refractivity contribution in [2.45, 2.75) is 137 Å². The largest absolute Gasteiger partial charge is 0.413 e. The fourth-order valence-corrected chi connectivity index (χ4v) is 12.0. The third-order valence-corrected chi connectivity index (χ3v) is 16.4. The summed E-state index contributed by atoms with van der Waals surface area (Å²) < 4.78 is 13.6. The second-order valence-electron chi connectivity index (χ2n) is 13.3. The number of fused-ring (bicyclic) bond motifs is 3. The van der Waals surface area contributed by atoms with Crippen LogP contribution >= 0.6 is 0 Å². The number of hydrogen-bond acceptors (Lipinski definition) is 5. The number of ether oxygens (including phenoxy) is 1. The van der Waals surface area contributed by atoms with Gasteiger partial charge in [-0.2, -0.15) is 0 Å². The predicted octanol–water partition coefficient (Wildman–Crippen LogP) is 5.93. The maximum Gasteiger partial charge on any atom is 0.192 e. The molecule has 10 atom stereocenters. The maximum absolute atomic E-state index is 12.6. The van der Waals surface area contributed by atoms with E-state index >= 15 is 0 Å². The zero-order chi connectivity index (χ0) is 27.4. The Morgan fingerprint density at radius 2 is 1.53 bits per heavy atom. The van der Waals surface area contributed by atoms with Gasteiger partial charge in [-0.1, -0.05) is 67.9 Å². The van der Waals surface area contributed by atoms with Crippen LogP contribution in [0.25, 0.3) is 0 Å².